The lowest BCUT2D eigenvalue weighted by atomic mass is 10.1. The van der Waals surface area contributed by atoms with E-state index in [2.05, 4.69) is 11.0 Å². The van der Waals surface area contributed by atoms with Crippen LogP contribution in [0.4, 0.5) is 17.1 Å². The molecule has 27 heavy (non-hydrogen) atoms. The first-order valence-electron chi connectivity index (χ1n) is 8.49. The third-order valence-electron chi connectivity index (χ3n) is 4.34. The second kappa shape index (κ2) is 8.15. The summed E-state index contributed by atoms with van der Waals surface area (Å²) in [5, 5.41) is 9.11. The van der Waals surface area contributed by atoms with Gasteiger partial charge < -0.3 is 20.1 Å². The summed E-state index contributed by atoms with van der Waals surface area (Å²) < 4.78 is 10.8. The van der Waals surface area contributed by atoms with Crippen LogP contribution < -0.4 is 20.1 Å². The van der Waals surface area contributed by atoms with Crippen molar-refractivity contribution in [2.24, 2.45) is 0 Å². The number of nitriles is 1. The Kier molecular flexibility index (Phi) is 5.48. The third kappa shape index (κ3) is 3.96. The number of benzene rings is 3. The van der Waals surface area contributed by atoms with E-state index >= 15 is 0 Å². The number of ether oxygens (including phenoxy) is 2. The summed E-state index contributed by atoms with van der Waals surface area (Å²) in [5.41, 5.74) is 10.2. The Bertz CT molecular complexity index is 965. The Morgan fingerprint density at radius 2 is 1.74 bits per heavy atom. The lowest BCUT2D eigenvalue weighted by Crippen LogP contribution is -2.18. The first kappa shape index (κ1) is 18.2. The molecule has 0 atom stereocenters. The topological polar surface area (TPSA) is 71.5 Å². The maximum absolute atomic E-state index is 9.11. The molecule has 2 N–H and O–H groups in total. The highest BCUT2D eigenvalue weighted by molar-refractivity contribution is 5.76. The van der Waals surface area contributed by atoms with E-state index in [4.69, 9.17) is 20.5 Å². The molecule has 0 saturated heterocycles. The van der Waals surface area contributed by atoms with Crippen LogP contribution in [0.25, 0.3) is 0 Å². The van der Waals surface area contributed by atoms with Gasteiger partial charge in [0.2, 0.25) is 0 Å². The van der Waals surface area contributed by atoms with Crippen molar-refractivity contribution in [3.8, 4) is 17.6 Å². The van der Waals surface area contributed by atoms with Gasteiger partial charge in [0.1, 0.15) is 11.5 Å². The van der Waals surface area contributed by atoms with Crippen LogP contribution in [-0.2, 0) is 6.54 Å². The minimum atomic E-state index is 0.534. The summed E-state index contributed by atoms with van der Waals surface area (Å²) in [6.07, 6.45) is 0. The van der Waals surface area contributed by atoms with E-state index in [-0.39, 0.29) is 0 Å². The Hall–Kier alpha value is -3.65. The molecule has 0 spiro atoms. The number of methoxy groups -OCH3 is 2. The van der Waals surface area contributed by atoms with Crippen LogP contribution in [0.15, 0.2) is 66.7 Å². The van der Waals surface area contributed by atoms with Gasteiger partial charge in [0.05, 0.1) is 43.8 Å². The summed E-state index contributed by atoms with van der Waals surface area (Å²) in [6.45, 7) is 0.549. The van der Waals surface area contributed by atoms with Gasteiger partial charge in [-0.25, -0.2) is 0 Å². The van der Waals surface area contributed by atoms with Gasteiger partial charge in [-0.15, -0.1) is 0 Å². The van der Waals surface area contributed by atoms with Crippen LogP contribution in [0.5, 0.6) is 11.5 Å². The second-order valence-corrected chi connectivity index (χ2v) is 5.98. The smallest absolute Gasteiger partial charge is 0.127 e. The van der Waals surface area contributed by atoms with Crippen molar-refractivity contribution in [1.29, 1.82) is 5.26 Å². The van der Waals surface area contributed by atoms with Gasteiger partial charge in [0, 0.05) is 17.3 Å². The summed E-state index contributed by atoms with van der Waals surface area (Å²) in [4.78, 5) is 2.10. The fourth-order valence-electron chi connectivity index (χ4n) is 2.95. The van der Waals surface area contributed by atoms with Gasteiger partial charge in [-0.1, -0.05) is 18.2 Å². The predicted octanol–water partition coefficient (Wildman–Crippen LogP) is 4.50. The summed E-state index contributed by atoms with van der Waals surface area (Å²) >= 11 is 0. The molecule has 136 valence electrons. The number of nitrogens with zero attached hydrogens (tertiary/aromatic N) is 2. The molecule has 3 rings (SSSR count). The molecule has 0 aliphatic rings. The average Bonchev–Trinajstić information content (AvgIpc) is 2.72. The molecule has 3 aromatic rings. The normalized spacial score (nSPS) is 10.1. The number of nitrogens with two attached hydrogens (primary N) is 1. The zero-order chi connectivity index (χ0) is 19.2. The lowest BCUT2D eigenvalue weighted by Gasteiger charge is -2.27. The zero-order valence-corrected chi connectivity index (χ0v) is 15.3. The number of hydrogen-bond acceptors (Lipinski definition) is 5. The molecule has 0 heterocycles. The van der Waals surface area contributed by atoms with Gasteiger partial charge in [-0.2, -0.15) is 5.26 Å². The van der Waals surface area contributed by atoms with Crippen molar-refractivity contribution in [2.75, 3.05) is 24.9 Å². The Morgan fingerprint density at radius 1 is 0.963 bits per heavy atom. The van der Waals surface area contributed by atoms with Crippen molar-refractivity contribution in [2.45, 2.75) is 6.54 Å². The van der Waals surface area contributed by atoms with Gasteiger partial charge >= 0.3 is 0 Å². The second-order valence-electron chi connectivity index (χ2n) is 5.98. The highest BCUT2D eigenvalue weighted by atomic mass is 16.5. The van der Waals surface area contributed by atoms with Gasteiger partial charge in [0.15, 0.2) is 0 Å². The minimum Gasteiger partial charge on any atom is -0.497 e. The number of para-hydroxylation sites is 1. The van der Waals surface area contributed by atoms with Gasteiger partial charge in [0.25, 0.3) is 0 Å². The van der Waals surface area contributed by atoms with Crippen molar-refractivity contribution in [3.63, 3.8) is 0 Å². The molecule has 0 aliphatic heterocycles. The maximum Gasteiger partial charge on any atom is 0.127 e. The third-order valence-corrected chi connectivity index (χ3v) is 4.34. The lowest BCUT2D eigenvalue weighted by molar-refractivity contribution is 0.391. The molecule has 0 amide bonds. The van der Waals surface area contributed by atoms with E-state index in [1.807, 2.05) is 54.6 Å². The SMILES string of the molecule is COc1ccc(CN(c2ccccc2)c2ccc(C#N)cc2N)c(OC)c1. The van der Waals surface area contributed by atoms with Crippen LogP contribution in [0, 0.1) is 11.3 Å². The molecule has 0 fully saturated rings. The number of hydrogen-bond donors (Lipinski definition) is 1. The van der Waals surface area contributed by atoms with Crippen molar-refractivity contribution in [1.82, 2.24) is 0 Å². The maximum atomic E-state index is 9.11. The quantitative estimate of drug-likeness (QED) is 0.656. The average molecular weight is 359 g/mol. The van der Waals surface area contributed by atoms with Crippen molar-refractivity contribution >= 4 is 17.1 Å². The first-order chi connectivity index (χ1) is 13.2. The molecular weight excluding hydrogens is 338 g/mol. The molecule has 0 aliphatic carbocycles. The molecule has 5 nitrogen and oxygen atoms in total. The summed E-state index contributed by atoms with van der Waals surface area (Å²) in [6, 6.07) is 23.2. The molecule has 0 unspecified atom stereocenters. The summed E-state index contributed by atoms with van der Waals surface area (Å²) in [7, 11) is 3.27. The first-order valence-corrected chi connectivity index (χ1v) is 8.49. The van der Waals surface area contributed by atoms with E-state index in [0.717, 1.165) is 28.4 Å². The van der Waals surface area contributed by atoms with E-state index < -0.39 is 0 Å². The van der Waals surface area contributed by atoms with Crippen molar-refractivity contribution < 1.29 is 9.47 Å². The highest BCUT2D eigenvalue weighted by Gasteiger charge is 2.16. The monoisotopic (exact) mass is 359 g/mol. The fraction of sp³-hybridized carbons (Fsp3) is 0.136. The van der Waals surface area contributed by atoms with E-state index in [9.17, 15) is 0 Å². The van der Waals surface area contributed by atoms with Crippen LogP contribution >= 0.6 is 0 Å². The summed E-state index contributed by atoms with van der Waals surface area (Å²) in [5.74, 6) is 1.47. The van der Waals surface area contributed by atoms with Gasteiger partial charge in [-0.3, -0.25) is 0 Å². The molecule has 0 radical (unpaired) electrons. The Labute approximate surface area is 159 Å². The van der Waals surface area contributed by atoms with E-state index in [0.29, 0.717) is 17.8 Å². The number of nitrogen functional groups attached to an aromatic ring is 1. The molecule has 0 saturated carbocycles. The predicted molar refractivity (Wildman–Crippen MR) is 107 cm³/mol. The number of rotatable bonds is 6. The minimum absolute atomic E-state index is 0.534. The molecule has 5 heteroatoms. The fourth-order valence-corrected chi connectivity index (χ4v) is 2.95. The van der Waals surface area contributed by atoms with Crippen LogP contribution in [0.3, 0.4) is 0 Å². The molecule has 0 bridgehead atoms. The van der Waals surface area contributed by atoms with Gasteiger partial charge in [-0.05, 0) is 42.5 Å². The van der Waals surface area contributed by atoms with Crippen LogP contribution in [-0.4, -0.2) is 14.2 Å². The van der Waals surface area contributed by atoms with Crippen LogP contribution in [0.2, 0.25) is 0 Å². The zero-order valence-electron chi connectivity index (χ0n) is 15.3. The largest absolute Gasteiger partial charge is 0.497 e. The number of anilines is 3. The molecule has 3 aromatic carbocycles. The standard InChI is InChI=1S/C22H21N3O2/c1-26-19-10-9-17(22(13-19)27-2)15-25(18-6-4-3-5-7-18)21-11-8-16(14-23)12-20(21)24/h3-13H,15,24H2,1-2H3. The van der Waals surface area contributed by atoms with E-state index in [1.54, 1.807) is 26.4 Å². The molecular formula is C22H21N3O2. The van der Waals surface area contributed by atoms with E-state index in [1.165, 1.54) is 0 Å². The van der Waals surface area contributed by atoms with Crippen molar-refractivity contribution in [3.05, 3.63) is 77.9 Å². The highest BCUT2D eigenvalue weighted by Crippen LogP contribution is 2.35. The Balaban J connectivity index is 2.06. The Morgan fingerprint density at radius 3 is 2.37 bits per heavy atom. The molecule has 0 aromatic heterocycles. The van der Waals surface area contributed by atoms with Crippen LogP contribution in [0.1, 0.15) is 11.1 Å².